The van der Waals surface area contributed by atoms with E-state index in [-0.39, 0.29) is 11.4 Å². The van der Waals surface area contributed by atoms with Crippen LogP contribution in [-0.2, 0) is 4.79 Å². The minimum absolute atomic E-state index is 0.137. The van der Waals surface area contributed by atoms with Crippen LogP contribution >= 0.6 is 0 Å². The molecule has 0 aromatic heterocycles. The predicted octanol–water partition coefficient (Wildman–Crippen LogP) is 2.46. The molecule has 4 aliphatic rings. The number of rotatable bonds is 4. The second-order valence-electron chi connectivity index (χ2n) is 7.81. The highest BCUT2D eigenvalue weighted by Gasteiger charge is 2.52. The zero-order valence-corrected chi connectivity index (χ0v) is 12.6. The van der Waals surface area contributed by atoms with Crippen LogP contribution in [0.25, 0.3) is 0 Å². The number of amides is 1. The first-order valence-electron chi connectivity index (χ1n) is 8.00. The SMILES string of the molecule is CCNC(C)(C)C(=O)NC12CC3CC(CC(C3)C1)C2. The second kappa shape index (κ2) is 4.47. The molecule has 4 saturated carbocycles. The lowest BCUT2D eigenvalue weighted by Crippen LogP contribution is -2.64. The van der Waals surface area contributed by atoms with Crippen LogP contribution in [0.1, 0.15) is 59.3 Å². The summed E-state index contributed by atoms with van der Waals surface area (Å²) in [5.41, 5.74) is -0.309. The number of hydrogen-bond donors (Lipinski definition) is 2. The number of hydrogen-bond acceptors (Lipinski definition) is 2. The molecule has 0 heterocycles. The zero-order chi connectivity index (χ0) is 13.7. The van der Waals surface area contributed by atoms with Gasteiger partial charge in [0.1, 0.15) is 0 Å². The number of nitrogens with one attached hydrogen (secondary N) is 2. The molecule has 0 unspecified atom stereocenters. The van der Waals surface area contributed by atoms with Gasteiger partial charge < -0.3 is 10.6 Å². The first-order valence-corrected chi connectivity index (χ1v) is 8.00. The Hall–Kier alpha value is -0.570. The molecule has 4 rings (SSSR count). The van der Waals surface area contributed by atoms with E-state index < -0.39 is 5.54 Å². The summed E-state index contributed by atoms with van der Waals surface area (Å²) in [6, 6.07) is 0. The Kier molecular flexibility index (Phi) is 3.16. The Morgan fingerprint density at radius 2 is 1.58 bits per heavy atom. The lowest BCUT2D eigenvalue weighted by atomic mass is 9.53. The smallest absolute Gasteiger partial charge is 0.240 e. The van der Waals surface area contributed by atoms with E-state index in [1.54, 1.807) is 0 Å². The van der Waals surface area contributed by atoms with Crippen molar-refractivity contribution in [2.24, 2.45) is 17.8 Å². The number of likely N-dealkylation sites (N-methyl/N-ethyl adjacent to an activating group) is 1. The predicted molar refractivity (Wildman–Crippen MR) is 76.8 cm³/mol. The first kappa shape index (κ1) is 13.4. The summed E-state index contributed by atoms with van der Waals surface area (Å²) in [5.74, 6) is 2.84. The van der Waals surface area contributed by atoms with Crippen molar-refractivity contribution in [2.45, 2.75) is 70.4 Å². The number of carbonyl (C=O) groups excluding carboxylic acids is 1. The van der Waals surface area contributed by atoms with Gasteiger partial charge in [-0.15, -0.1) is 0 Å². The Balaban J connectivity index is 1.71. The third-order valence-electron chi connectivity index (χ3n) is 5.60. The van der Waals surface area contributed by atoms with Gasteiger partial charge in [0.25, 0.3) is 0 Å². The molecule has 108 valence electrons. The molecule has 0 atom stereocenters. The minimum atomic E-state index is -0.446. The van der Waals surface area contributed by atoms with Crippen LogP contribution in [0.2, 0.25) is 0 Å². The van der Waals surface area contributed by atoms with Gasteiger partial charge in [0, 0.05) is 5.54 Å². The summed E-state index contributed by atoms with van der Waals surface area (Å²) in [6.07, 6.45) is 7.95. The van der Waals surface area contributed by atoms with E-state index in [1.165, 1.54) is 38.5 Å². The summed E-state index contributed by atoms with van der Waals surface area (Å²) < 4.78 is 0. The molecular formula is C16H28N2O. The van der Waals surface area contributed by atoms with Crippen LogP contribution < -0.4 is 10.6 Å². The monoisotopic (exact) mass is 264 g/mol. The van der Waals surface area contributed by atoms with Crippen LogP contribution in [0, 0.1) is 17.8 Å². The highest BCUT2D eigenvalue weighted by molar-refractivity contribution is 5.86. The number of carbonyl (C=O) groups is 1. The summed E-state index contributed by atoms with van der Waals surface area (Å²) >= 11 is 0. The third kappa shape index (κ3) is 2.42. The quantitative estimate of drug-likeness (QED) is 0.819. The van der Waals surface area contributed by atoms with Crippen LogP contribution in [0.15, 0.2) is 0 Å². The van der Waals surface area contributed by atoms with Gasteiger partial charge in [-0.2, -0.15) is 0 Å². The molecule has 4 fully saturated rings. The van der Waals surface area contributed by atoms with Crippen molar-refractivity contribution in [3.8, 4) is 0 Å². The molecular weight excluding hydrogens is 236 g/mol. The third-order valence-corrected chi connectivity index (χ3v) is 5.60. The maximum absolute atomic E-state index is 12.6. The van der Waals surface area contributed by atoms with E-state index >= 15 is 0 Å². The summed E-state index contributed by atoms with van der Waals surface area (Å²) in [5, 5.41) is 6.74. The largest absolute Gasteiger partial charge is 0.349 e. The minimum Gasteiger partial charge on any atom is -0.349 e. The molecule has 3 heteroatoms. The molecule has 19 heavy (non-hydrogen) atoms. The Labute approximate surface area is 116 Å². The summed E-state index contributed by atoms with van der Waals surface area (Å²) in [4.78, 5) is 12.6. The van der Waals surface area contributed by atoms with Crippen LogP contribution in [-0.4, -0.2) is 23.5 Å². The highest BCUT2D eigenvalue weighted by Crippen LogP contribution is 2.55. The average Bonchev–Trinajstić information content (AvgIpc) is 2.25. The standard InChI is InChI=1S/C16H28N2O/c1-4-17-15(2,3)14(19)18-16-8-11-5-12(9-16)7-13(6-11)10-16/h11-13,17H,4-10H2,1-3H3,(H,18,19). The highest BCUT2D eigenvalue weighted by atomic mass is 16.2. The molecule has 1 amide bonds. The Morgan fingerprint density at radius 1 is 1.11 bits per heavy atom. The topological polar surface area (TPSA) is 41.1 Å². The fraction of sp³-hybridized carbons (Fsp3) is 0.938. The molecule has 2 N–H and O–H groups in total. The lowest BCUT2D eigenvalue weighted by molar-refractivity contribution is -0.132. The van der Waals surface area contributed by atoms with E-state index in [2.05, 4.69) is 17.6 Å². The Bertz CT molecular complexity index is 340. The maximum atomic E-state index is 12.6. The van der Waals surface area contributed by atoms with Crippen molar-refractivity contribution in [2.75, 3.05) is 6.54 Å². The summed E-state index contributed by atoms with van der Waals surface area (Å²) in [6.45, 7) is 6.87. The van der Waals surface area contributed by atoms with Crippen LogP contribution in [0.4, 0.5) is 0 Å². The lowest BCUT2D eigenvalue weighted by Gasteiger charge is -2.57. The molecule has 0 aromatic rings. The van der Waals surface area contributed by atoms with Gasteiger partial charge in [0.2, 0.25) is 5.91 Å². The van der Waals surface area contributed by atoms with E-state index in [0.717, 1.165) is 24.3 Å². The zero-order valence-electron chi connectivity index (χ0n) is 12.6. The molecule has 0 saturated heterocycles. The van der Waals surface area contributed by atoms with Crippen LogP contribution in [0.3, 0.4) is 0 Å². The molecule has 0 radical (unpaired) electrons. The Morgan fingerprint density at radius 3 is 2.00 bits per heavy atom. The van der Waals surface area contributed by atoms with Gasteiger partial charge in [0.15, 0.2) is 0 Å². The molecule has 0 aromatic carbocycles. The summed E-state index contributed by atoms with van der Waals surface area (Å²) in [7, 11) is 0. The van der Waals surface area contributed by atoms with Crippen molar-refractivity contribution in [3.05, 3.63) is 0 Å². The van der Waals surface area contributed by atoms with Crippen molar-refractivity contribution < 1.29 is 4.79 Å². The van der Waals surface area contributed by atoms with E-state index in [0.29, 0.717) is 0 Å². The molecule has 0 aliphatic heterocycles. The molecule has 0 spiro atoms. The molecule has 3 nitrogen and oxygen atoms in total. The van der Waals surface area contributed by atoms with Gasteiger partial charge in [-0.3, -0.25) is 4.79 Å². The van der Waals surface area contributed by atoms with Crippen molar-refractivity contribution in [3.63, 3.8) is 0 Å². The normalized spacial score (nSPS) is 40.5. The van der Waals surface area contributed by atoms with Gasteiger partial charge in [-0.1, -0.05) is 6.92 Å². The fourth-order valence-corrected chi connectivity index (χ4v) is 5.18. The molecule has 4 aliphatic carbocycles. The van der Waals surface area contributed by atoms with E-state index in [1.807, 2.05) is 13.8 Å². The average molecular weight is 264 g/mol. The van der Waals surface area contributed by atoms with Gasteiger partial charge in [0.05, 0.1) is 5.54 Å². The maximum Gasteiger partial charge on any atom is 0.240 e. The van der Waals surface area contributed by atoms with Crippen molar-refractivity contribution in [1.82, 2.24) is 10.6 Å². The first-order chi connectivity index (χ1) is 8.92. The van der Waals surface area contributed by atoms with Gasteiger partial charge in [-0.05, 0) is 76.7 Å². The van der Waals surface area contributed by atoms with Crippen LogP contribution in [0.5, 0.6) is 0 Å². The van der Waals surface area contributed by atoms with Gasteiger partial charge in [-0.25, -0.2) is 0 Å². The fourth-order valence-electron chi connectivity index (χ4n) is 5.18. The van der Waals surface area contributed by atoms with E-state index in [9.17, 15) is 4.79 Å². The van der Waals surface area contributed by atoms with Crippen molar-refractivity contribution >= 4 is 5.91 Å². The second-order valence-corrected chi connectivity index (χ2v) is 7.81. The van der Waals surface area contributed by atoms with Crippen molar-refractivity contribution in [1.29, 1.82) is 0 Å². The van der Waals surface area contributed by atoms with E-state index in [4.69, 9.17) is 0 Å². The molecule has 4 bridgehead atoms. The van der Waals surface area contributed by atoms with Gasteiger partial charge >= 0.3 is 0 Å².